The van der Waals surface area contributed by atoms with Crippen molar-refractivity contribution in [2.24, 2.45) is 0 Å². The topological polar surface area (TPSA) is 149 Å². The number of carboxylic acid groups (broad SMARTS) is 2. The van der Waals surface area contributed by atoms with Crippen LogP contribution in [-0.2, 0) is 28.8 Å². The molecule has 25 heavy (non-hydrogen) atoms. The maximum atomic E-state index is 11.4. The number of halogens is 6. The molecule has 0 aromatic heterocycles. The molecule has 0 aromatic rings. The third-order valence-corrected chi connectivity index (χ3v) is 1.73. The normalized spacial score (nSPS) is 10.5. The Morgan fingerprint density at radius 1 is 0.600 bits per heavy atom. The van der Waals surface area contributed by atoms with E-state index in [-0.39, 0.29) is 48.9 Å². The van der Waals surface area contributed by atoms with Crippen molar-refractivity contribution in [1.82, 2.24) is 0 Å². The Morgan fingerprint density at radius 2 is 0.800 bits per heavy atom. The van der Waals surface area contributed by atoms with Gasteiger partial charge in [-0.25, -0.2) is 0 Å². The second-order valence-corrected chi connectivity index (χ2v) is 3.62. The Balaban J connectivity index is -0.000000372. The predicted octanol–water partition coefficient (Wildman–Crippen LogP) is -2.73. The van der Waals surface area contributed by atoms with Crippen molar-refractivity contribution in [2.75, 3.05) is 0 Å². The van der Waals surface area contributed by atoms with Crippen molar-refractivity contribution in [1.29, 1.82) is 0 Å². The van der Waals surface area contributed by atoms with E-state index < -0.39 is 60.3 Å². The van der Waals surface area contributed by atoms with Crippen molar-refractivity contribution in [3.63, 3.8) is 0 Å². The first-order chi connectivity index (χ1) is 10.5. The van der Waals surface area contributed by atoms with Gasteiger partial charge in [-0.15, -0.1) is 0 Å². The maximum Gasteiger partial charge on any atom is 2.00 e. The zero-order valence-corrected chi connectivity index (χ0v) is 16.1. The Kier molecular flexibility index (Phi) is 13.0. The molecule has 0 spiro atoms. The van der Waals surface area contributed by atoms with Crippen LogP contribution in [0.15, 0.2) is 0 Å². The number of Topliss-reactive ketones (excluding diaryl/α,β-unsaturated/α-hetero) is 4. The number of aliphatic carboxylic acids is 2. The minimum atomic E-state index is -5.18. The van der Waals surface area contributed by atoms with Gasteiger partial charge in [0.05, 0.1) is 12.8 Å². The fraction of sp³-hybridized carbons (Fsp3) is 0.400. The molecule has 0 rings (SSSR count). The third-order valence-electron chi connectivity index (χ3n) is 1.73. The molecule has 8 nitrogen and oxygen atoms in total. The summed E-state index contributed by atoms with van der Waals surface area (Å²) in [6, 6.07) is 0. The Labute approximate surface area is 173 Å². The fourth-order valence-corrected chi connectivity index (χ4v) is 0.636. The number of hydrogen-bond donors (Lipinski definition) is 0. The SMILES string of the molecule is O=C([O-])C(=O)CC(=O)C(F)(F)F.O=C([O-])C(=O)CC(=O)C(F)(F)F.[Ba+2]. The summed E-state index contributed by atoms with van der Waals surface area (Å²) in [6.07, 6.45) is -13.8. The minimum Gasteiger partial charge on any atom is -0.542 e. The largest absolute Gasteiger partial charge is 2.00 e. The van der Waals surface area contributed by atoms with Gasteiger partial charge in [-0.2, -0.15) is 26.3 Å². The first-order valence-electron chi connectivity index (χ1n) is 5.18. The molecule has 15 heteroatoms. The van der Waals surface area contributed by atoms with Gasteiger partial charge < -0.3 is 19.8 Å². The summed E-state index contributed by atoms with van der Waals surface area (Å²) in [5.74, 6) is -13.1. The van der Waals surface area contributed by atoms with Gasteiger partial charge in [0.1, 0.15) is 11.9 Å². The molecule has 0 unspecified atom stereocenters. The van der Waals surface area contributed by atoms with Gasteiger partial charge in [0.25, 0.3) is 0 Å². The molecule has 0 fully saturated rings. The molecule has 136 valence electrons. The smallest absolute Gasteiger partial charge is 0.542 e. The molecule has 0 aliphatic carbocycles. The van der Waals surface area contributed by atoms with Crippen LogP contribution in [0.3, 0.4) is 0 Å². The van der Waals surface area contributed by atoms with Crippen LogP contribution >= 0.6 is 0 Å². The van der Waals surface area contributed by atoms with E-state index >= 15 is 0 Å². The molecule has 0 heterocycles. The van der Waals surface area contributed by atoms with Gasteiger partial charge in [0.2, 0.25) is 11.6 Å². The van der Waals surface area contributed by atoms with Crippen molar-refractivity contribution in [3.05, 3.63) is 0 Å². The molecule has 0 atom stereocenters. The number of carboxylic acids is 2. The van der Waals surface area contributed by atoms with Crippen LogP contribution in [0.5, 0.6) is 0 Å². The van der Waals surface area contributed by atoms with E-state index in [4.69, 9.17) is 0 Å². The summed E-state index contributed by atoms with van der Waals surface area (Å²) >= 11 is 0. The number of hydrogen-bond acceptors (Lipinski definition) is 8. The monoisotopic (exact) mass is 504 g/mol. The van der Waals surface area contributed by atoms with Crippen molar-refractivity contribution >= 4 is 84.0 Å². The van der Waals surface area contributed by atoms with E-state index in [1.165, 1.54) is 0 Å². The van der Waals surface area contributed by atoms with Crippen molar-refractivity contribution in [3.8, 4) is 0 Å². The van der Waals surface area contributed by atoms with Gasteiger partial charge in [0, 0.05) is 0 Å². The van der Waals surface area contributed by atoms with E-state index in [0.29, 0.717) is 0 Å². The van der Waals surface area contributed by atoms with Crippen LogP contribution in [0.1, 0.15) is 12.8 Å². The van der Waals surface area contributed by atoms with E-state index in [0.717, 1.165) is 0 Å². The Bertz CT molecular complexity index is 515. The van der Waals surface area contributed by atoms with Crippen LogP contribution in [0.2, 0.25) is 0 Å². The predicted molar refractivity (Wildman–Crippen MR) is 57.1 cm³/mol. The van der Waals surface area contributed by atoms with Gasteiger partial charge in [0.15, 0.2) is 11.6 Å². The first kappa shape index (κ1) is 28.6. The van der Waals surface area contributed by atoms with Crippen molar-refractivity contribution < 1.29 is 65.3 Å². The molecule has 0 aliphatic heterocycles. The molecule has 0 amide bonds. The van der Waals surface area contributed by atoms with Gasteiger partial charge in [-0.1, -0.05) is 0 Å². The Hall–Kier alpha value is -1.23. The maximum absolute atomic E-state index is 11.4. The van der Waals surface area contributed by atoms with Crippen LogP contribution in [0, 0.1) is 0 Å². The van der Waals surface area contributed by atoms with Gasteiger partial charge >= 0.3 is 61.2 Å². The first-order valence-corrected chi connectivity index (χ1v) is 5.18. The van der Waals surface area contributed by atoms with E-state index in [2.05, 4.69) is 0 Å². The van der Waals surface area contributed by atoms with Crippen LogP contribution in [0.25, 0.3) is 0 Å². The van der Waals surface area contributed by atoms with Gasteiger partial charge in [-0.3, -0.25) is 19.2 Å². The molecular weight excluding hydrogens is 499 g/mol. The fourth-order valence-electron chi connectivity index (χ4n) is 0.636. The molecule has 0 saturated heterocycles. The molecule has 0 radical (unpaired) electrons. The van der Waals surface area contributed by atoms with E-state index in [9.17, 15) is 65.3 Å². The van der Waals surface area contributed by atoms with Crippen LogP contribution in [-0.4, -0.2) is 96.3 Å². The summed E-state index contributed by atoms with van der Waals surface area (Å²) < 4.78 is 68.1. The molecule has 0 aliphatic rings. The van der Waals surface area contributed by atoms with Crippen LogP contribution in [0.4, 0.5) is 26.3 Å². The number of alkyl halides is 6. The summed E-state index contributed by atoms with van der Waals surface area (Å²) in [7, 11) is 0. The van der Waals surface area contributed by atoms with Gasteiger partial charge in [-0.05, 0) is 0 Å². The molecule has 0 aromatic carbocycles. The van der Waals surface area contributed by atoms with E-state index in [1.54, 1.807) is 0 Å². The second-order valence-electron chi connectivity index (χ2n) is 3.62. The molecule has 0 N–H and O–H groups in total. The number of rotatable bonds is 6. The Morgan fingerprint density at radius 3 is 0.920 bits per heavy atom. The van der Waals surface area contributed by atoms with Crippen molar-refractivity contribution in [2.45, 2.75) is 25.2 Å². The minimum absolute atomic E-state index is 0. The number of carbonyl (C=O) groups excluding carboxylic acids is 6. The zero-order valence-electron chi connectivity index (χ0n) is 11.7. The standard InChI is InChI=1S/2C5H3F3O4.Ba/c2*6-5(7,8)3(10)1-2(9)4(11)12;/h2*1H2,(H,11,12);/q;;+2/p-2. The quantitative estimate of drug-likeness (QED) is 0.164. The molecular formula is C10H4BaF6O8. The van der Waals surface area contributed by atoms with E-state index in [1.807, 2.05) is 0 Å². The average Bonchev–Trinajstić information content (AvgIpc) is 2.36. The number of ketones is 4. The summed E-state index contributed by atoms with van der Waals surface area (Å²) in [4.78, 5) is 59.1. The number of carbonyl (C=O) groups is 6. The summed E-state index contributed by atoms with van der Waals surface area (Å²) in [6.45, 7) is 0. The van der Waals surface area contributed by atoms with Crippen LogP contribution < -0.4 is 10.2 Å². The third kappa shape index (κ3) is 13.7. The summed E-state index contributed by atoms with van der Waals surface area (Å²) in [5.41, 5.74) is 0. The molecule has 0 saturated carbocycles. The molecule has 0 bridgehead atoms. The second kappa shape index (κ2) is 11.4. The summed E-state index contributed by atoms with van der Waals surface area (Å²) in [5, 5.41) is 19.2. The average molecular weight is 503 g/mol. The zero-order chi connectivity index (χ0) is 19.9.